The molecule has 0 atom stereocenters. The fourth-order valence-corrected chi connectivity index (χ4v) is 4.72. The van der Waals surface area contributed by atoms with Crippen molar-refractivity contribution in [1.29, 1.82) is 0 Å². The van der Waals surface area contributed by atoms with Crippen molar-refractivity contribution in [1.82, 2.24) is 0 Å². The lowest BCUT2D eigenvalue weighted by Gasteiger charge is -2.32. The monoisotopic (exact) mass is 407 g/mol. The first-order chi connectivity index (χ1) is 14.0. The standard InChI is InChI=1S/C23H21NO4S/c1-17-7-13-21(14-8-17)29(25,26)24-19(15-18-9-11-20(27-2)12-10-18)16-28-23-6-4-3-5-22(23)24/h3-15H,16H2,1-2H3/b19-15+. The topological polar surface area (TPSA) is 55.8 Å². The lowest BCUT2D eigenvalue weighted by atomic mass is 10.1. The summed E-state index contributed by atoms with van der Waals surface area (Å²) in [6.45, 7) is 2.07. The number of benzene rings is 3. The van der Waals surface area contributed by atoms with Gasteiger partial charge in [0, 0.05) is 0 Å². The van der Waals surface area contributed by atoms with E-state index in [0.29, 0.717) is 17.1 Å². The highest BCUT2D eigenvalue weighted by molar-refractivity contribution is 7.93. The lowest BCUT2D eigenvalue weighted by molar-refractivity contribution is 0.342. The van der Waals surface area contributed by atoms with Crippen molar-refractivity contribution >= 4 is 21.8 Å². The number of fused-ring (bicyclic) bond motifs is 1. The van der Waals surface area contributed by atoms with Gasteiger partial charge >= 0.3 is 0 Å². The van der Waals surface area contributed by atoms with Gasteiger partial charge in [-0.1, -0.05) is 42.0 Å². The van der Waals surface area contributed by atoms with E-state index >= 15 is 0 Å². The summed E-state index contributed by atoms with van der Waals surface area (Å²) in [5.74, 6) is 1.27. The smallest absolute Gasteiger partial charge is 0.268 e. The van der Waals surface area contributed by atoms with E-state index < -0.39 is 10.0 Å². The summed E-state index contributed by atoms with van der Waals surface area (Å²) in [6, 6.07) is 21.4. The third kappa shape index (κ3) is 3.71. The summed E-state index contributed by atoms with van der Waals surface area (Å²) in [5.41, 5.74) is 2.89. The van der Waals surface area contributed by atoms with E-state index in [2.05, 4.69) is 0 Å². The van der Waals surface area contributed by atoms with Gasteiger partial charge in [0.1, 0.15) is 18.1 Å². The van der Waals surface area contributed by atoms with Crippen LogP contribution in [0.3, 0.4) is 0 Å². The van der Waals surface area contributed by atoms with Crippen LogP contribution in [0, 0.1) is 6.92 Å². The number of aryl methyl sites for hydroxylation is 1. The van der Waals surface area contributed by atoms with Gasteiger partial charge in [-0.05, 0) is 55.0 Å². The maximum Gasteiger partial charge on any atom is 0.268 e. The van der Waals surface area contributed by atoms with Gasteiger partial charge in [0.25, 0.3) is 10.0 Å². The van der Waals surface area contributed by atoms with Crippen molar-refractivity contribution < 1.29 is 17.9 Å². The van der Waals surface area contributed by atoms with Crippen LogP contribution in [0.1, 0.15) is 11.1 Å². The average Bonchev–Trinajstić information content (AvgIpc) is 2.74. The zero-order chi connectivity index (χ0) is 20.4. The van der Waals surface area contributed by atoms with Crippen LogP contribution in [0.2, 0.25) is 0 Å². The lowest BCUT2D eigenvalue weighted by Crippen LogP contribution is -2.36. The van der Waals surface area contributed by atoms with Crippen molar-refractivity contribution in [2.24, 2.45) is 0 Å². The van der Waals surface area contributed by atoms with E-state index in [1.807, 2.05) is 43.3 Å². The molecule has 0 amide bonds. The van der Waals surface area contributed by atoms with Gasteiger partial charge in [0.05, 0.1) is 23.4 Å². The zero-order valence-corrected chi connectivity index (χ0v) is 17.0. The van der Waals surface area contributed by atoms with Crippen molar-refractivity contribution in [2.45, 2.75) is 11.8 Å². The van der Waals surface area contributed by atoms with Crippen LogP contribution in [0.25, 0.3) is 6.08 Å². The highest BCUT2D eigenvalue weighted by Gasteiger charge is 2.33. The van der Waals surface area contributed by atoms with Gasteiger partial charge < -0.3 is 9.47 Å². The summed E-state index contributed by atoms with van der Waals surface area (Å²) in [5, 5.41) is 0. The van der Waals surface area contributed by atoms with E-state index in [-0.39, 0.29) is 11.5 Å². The molecule has 0 N–H and O–H groups in total. The molecular formula is C23H21NO4S. The third-order valence-electron chi connectivity index (χ3n) is 4.73. The molecule has 0 bridgehead atoms. The van der Waals surface area contributed by atoms with Crippen molar-refractivity contribution in [3.8, 4) is 11.5 Å². The summed E-state index contributed by atoms with van der Waals surface area (Å²) < 4.78 is 39.6. The molecule has 29 heavy (non-hydrogen) atoms. The van der Waals surface area contributed by atoms with E-state index in [1.54, 1.807) is 49.6 Å². The minimum absolute atomic E-state index is 0.147. The average molecular weight is 407 g/mol. The van der Waals surface area contributed by atoms with Crippen LogP contribution in [0.15, 0.2) is 83.4 Å². The predicted octanol–water partition coefficient (Wildman–Crippen LogP) is 4.63. The Labute approximate surface area is 170 Å². The highest BCUT2D eigenvalue weighted by atomic mass is 32.2. The third-order valence-corrected chi connectivity index (χ3v) is 6.51. The number of nitrogens with zero attached hydrogens (tertiary/aromatic N) is 1. The molecule has 3 aromatic carbocycles. The summed E-state index contributed by atoms with van der Waals surface area (Å²) in [7, 11) is -2.21. The van der Waals surface area contributed by atoms with E-state index in [0.717, 1.165) is 16.9 Å². The van der Waals surface area contributed by atoms with Gasteiger partial charge in [-0.25, -0.2) is 12.7 Å². The number of anilines is 1. The molecule has 0 saturated carbocycles. The normalized spacial score (nSPS) is 15.0. The zero-order valence-electron chi connectivity index (χ0n) is 16.2. The van der Waals surface area contributed by atoms with Crippen LogP contribution in [-0.2, 0) is 10.0 Å². The molecule has 6 heteroatoms. The molecule has 0 unspecified atom stereocenters. The maximum absolute atomic E-state index is 13.6. The van der Waals surface area contributed by atoms with Crippen LogP contribution in [0.4, 0.5) is 5.69 Å². The minimum atomic E-state index is -3.81. The summed E-state index contributed by atoms with van der Waals surface area (Å²) in [6.07, 6.45) is 1.82. The highest BCUT2D eigenvalue weighted by Crippen LogP contribution is 2.39. The van der Waals surface area contributed by atoms with Crippen molar-refractivity contribution in [2.75, 3.05) is 18.0 Å². The first kappa shape index (κ1) is 19.1. The van der Waals surface area contributed by atoms with Crippen LogP contribution < -0.4 is 13.8 Å². The molecule has 0 fully saturated rings. The van der Waals surface area contributed by atoms with E-state index in [9.17, 15) is 8.42 Å². The second kappa shape index (κ2) is 7.64. The van der Waals surface area contributed by atoms with Gasteiger partial charge in [-0.15, -0.1) is 0 Å². The molecule has 0 spiro atoms. The van der Waals surface area contributed by atoms with Crippen LogP contribution in [0.5, 0.6) is 11.5 Å². The van der Waals surface area contributed by atoms with Crippen LogP contribution >= 0.6 is 0 Å². The maximum atomic E-state index is 13.6. The Hall–Kier alpha value is -3.25. The number of methoxy groups -OCH3 is 1. The fourth-order valence-electron chi connectivity index (χ4n) is 3.20. The Kier molecular flexibility index (Phi) is 5.03. The summed E-state index contributed by atoms with van der Waals surface area (Å²) >= 11 is 0. The molecule has 0 saturated heterocycles. The first-order valence-corrected chi connectivity index (χ1v) is 10.6. The van der Waals surface area contributed by atoms with Gasteiger partial charge in [0.2, 0.25) is 0 Å². The number of sulfonamides is 1. The minimum Gasteiger partial charge on any atom is -0.497 e. The molecule has 1 aliphatic rings. The molecule has 0 aromatic heterocycles. The largest absolute Gasteiger partial charge is 0.497 e. The second-order valence-corrected chi connectivity index (χ2v) is 8.53. The molecule has 1 heterocycles. The number of hydrogen-bond acceptors (Lipinski definition) is 4. The Morgan fingerprint density at radius 2 is 1.66 bits per heavy atom. The molecule has 148 valence electrons. The SMILES string of the molecule is COc1ccc(/C=C2\COc3ccccc3N2S(=O)(=O)c2ccc(C)cc2)cc1. The number of hydrogen-bond donors (Lipinski definition) is 0. The molecule has 0 radical (unpaired) electrons. The first-order valence-electron chi connectivity index (χ1n) is 9.17. The molecule has 0 aliphatic carbocycles. The van der Waals surface area contributed by atoms with Crippen molar-refractivity contribution in [3.05, 3.63) is 89.6 Å². The van der Waals surface area contributed by atoms with E-state index in [4.69, 9.17) is 9.47 Å². The Balaban J connectivity index is 1.84. The van der Waals surface area contributed by atoms with Gasteiger partial charge in [0.15, 0.2) is 0 Å². The Morgan fingerprint density at radius 3 is 2.34 bits per heavy atom. The predicted molar refractivity (Wildman–Crippen MR) is 114 cm³/mol. The summed E-state index contributed by atoms with van der Waals surface area (Å²) in [4.78, 5) is 0.237. The molecule has 4 rings (SSSR count). The van der Waals surface area contributed by atoms with Gasteiger partial charge in [-0.2, -0.15) is 0 Å². The molecular weight excluding hydrogens is 386 g/mol. The Morgan fingerprint density at radius 1 is 0.966 bits per heavy atom. The second-order valence-electron chi connectivity index (χ2n) is 6.75. The number of para-hydroxylation sites is 2. The quantitative estimate of drug-likeness (QED) is 0.633. The molecule has 1 aliphatic heterocycles. The van der Waals surface area contributed by atoms with E-state index in [1.165, 1.54) is 4.31 Å². The van der Waals surface area contributed by atoms with Crippen molar-refractivity contribution in [3.63, 3.8) is 0 Å². The molecule has 3 aromatic rings. The Bertz CT molecular complexity index is 1150. The number of rotatable bonds is 4. The fraction of sp³-hybridized carbons (Fsp3) is 0.130. The van der Waals surface area contributed by atoms with Crippen LogP contribution in [-0.4, -0.2) is 22.1 Å². The number of ether oxygens (including phenoxy) is 2. The van der Waals surface area contributed by atoms with Gasteiger partial charge in [-0.3, -0.25) is 0 Å². The molecule has 5 nitrogen and oxygen atoms in total.